The number of sulfone groups is 1. The number of nitrogens with two attached hydrogens (primary N) is 1. The third-order valence-corrected chi connectivity index (χ3v) is 8.25. The maximum absolute atomic E-state index is 14.6. The van der Waals surface area contributed by atoms with Crippen LogP contribution in [0.4, 0.5) is 15.8 Å². The van der Waals surface area contributed by atoms with Gasteiger partial charge in [0, 0.05) is 51.2 Å². The van der Waals surface area contributed by atoms with Crippen molar-refractivity contribution in [2.75, 3.05) is 55.3 Å². The number of carbonyl (C=O) groups is 1. The number of amides is 1. The fourth-order valence-corrected chi connectivity index (χ4v) is 5.57. The molecule has 0 spiro atoms. The van der Waals surface area contributed by atoms with Crippen molar-refractivity contribution in [3.63, 3.8) is 0 Å². The van der Waals surface area contributed by atoms with Gasteiger partial charge in [0.1, 0.15) is 5.82 Å². The number of halogens is 1. The average molecular weight is 511 g/mol. The molecule has 0 unspecified atom stereocenters. The lowest BCUT2D eigenvalue weighted by Gasteiger charge is -2.37. The molecule has 2 aliphatic heterocycles. The van der Waals surface area contributed by atoms with E-state index in [-0.39, 0.29) is 26.9 Å². The molecule has 0 radical (unpaired) electrons. The van der Waals surface area contributed by atoms with Crippen molar-refractivity contribution >= 4 is 37.1 Å². The summed E-state index contributed by atoms with van der Waals surface area (Å²) in [6, 6.07) is 8.19. The summed E-state index contributed by atoms with van der Waals surface area (Å²) in [5.74, 6) is -0.945. The van der Waals surface area contributed by atoms with Gasteiger partial charge in [-0.15, -0.1) is 0 Å². The Bertz CT molecular complexity index is 1320. The van der Waals surface area contributed by atoms with Crippen molar-refractivity contribution in [3.05, 3.63) is 47.8 Å². The largest absolute Gasteiger partial charge is 0.371 e. The zero-order chi connectivity index (χ0) is 24.7. The van der Waals surface area contributed by atoms with Crippen molar-refractivity contribution < 1.29 is 26.0 Å². The van der Waals surface area contributed by atoms with Crippen LogP contribution < -0.4 is 14.9 Å². The molecule has 2 aromatic rings. The quantitative estimate of drug-likeness (QED) is 0.646. The lowest BCUT2D eigenvalue weighted by molar-refractivity contribution is 0.0747. The Morgan fingerprint density at radius 3 is 1.94 bits per heavy atom. The number of rotatable bonds is 5. The second kappa shape index (κ2) is 9.16. The van der Waals surface area contributed by atoms with E-state index in [4.69, 9.17) is 5.14 Å². The van der Waals surface area contributed by atoms with Crippen molar-refractivity contribution in [1.29, 1.82) is 0 Å². The number of sulfonamides is 1. The predicted molar refractivity (Wildman–Crippen MR) is 127 cm³/mol. The van der Waals surface area contributed by atoms with Crippen LogP contribution >= 0.6 is 0 Å². The molecule has 0 atom stereocenters. The lowest BCUT2D eigenvalue weighted by atomic mass is 10.1. The first-order chi connectivity index (χ1) is 15.9. The molecule has 2 heterocycles. The SMILES string of the molecule is CS(=O)(=O)c1ccc(N2CCN(C(=O)c3cc(S(N)(=O)=O)ccc3N3CCCC3)CC2)c(F)c1. The minimum Gasteiger partial charge on any atom is -0.371 e. The fraction of sp³-hybridized carbons (Fsp3) is 0.409. The van der Waals surface area contributed by atoms with E-state index in [1.54, 1.807) is 15.9 Å². The van der Waals surface area contributed by atoms with Crippen molar-refractivity contribution in [3.8, 4) is 0 Å². The van der Waals surface area contributed by atoms with Gasteiger partial charge in [-0.05, 0) is 49.2 Å². The van der Waals surface area contributed by atoms with Gasteiger partial charge in [-0.2, -0.15) is 0 Å². The summed E-state index contributed by atoms with van der Waals surface area (Å²) in [5, 5.41) is 5.30. The van der Waals surface area contributed by atoms with Gasteiger partial charge in [0.25, 0.3) is 5.91 Å². The minimum absolute atomic E-state index is 0.0910. The molecule has 2 saturated heterocycles. The van der Waals surface area contributed by atoms with E-state index >= 15 is 0 Å². The number of nitrogens with zero attached hydrogens (tertiary/aromatic N) is 3. The van der Waals surface area contributed by atoms with E-state index in [9.17, 15) is 26.0 Å². The van der Waals surface area contributed by atoms with Crippen LogP contribution in [-0.4, -0.2) is 73.2 Å². The van der Waals surface area contributed by atoms with Crippen molar-refractivity contribution in [1.82, 2.24) is 4.90 Å². The summed E-state index contributed by atoms with van der Waals surface area (Å²) in [6.07, 6.45) is 3.01. The smallest absolute Gasteiger partial charge is 0.256 e. The van der Waals surface area contributed by atoms with E-state index < -0.39 is 25.7 Å². The van der Waals surface area contributed by atoms with Gasteiger partial charge in [-0.3, -0.25) is 4.79 Å². The molecule has 9 nitrogen and oxygen atoms in total. The summed E-state index contributed by atoms with van der Waals surface area (Å²) in [7, 11) is -7.49. The maximum Gasteiger partial charge on any atom is 0.256 e. The Kier molecular flexibility index (Phi) is 6.58. The molecule has 0 saturated carbocycles. The highest BCUT2D eigenvalue weighted by Crippen LogP contribution is 2.29. The van der Waals surface area contributed by atoms with Gasteiger partial charge in [-0.25, -0.2) is 26.4 Å². The topological polar surface area (TPSA) is 121 Å². The standard InChI is InChI=1S/C22H27FN4O5S2/c1-33(29,30)16-4-7-21(19(23)15-16)26-10-12-27(13-11-26)22(28)18-14-17(34(24,31)32)5-6-20(18)25-8-2-3-9-25/h4-7,14-15H,2-3,8-13H2,1H3,(H2,24,31,32). The summed E-state index contributed by atoms with van der Waals surface area (Å²) in [6.45, 7) is 2.84. The van der Waals surface area contributed by atoms with Crippen LogP contribution in [0.25, 0.3) is 0 Å². The first-order valence-electron chi connectivity index (χ1n) is 10.9. The second-order valence-electron chi connectivity index (χ2n) is 8.58. The monoisotopic (exact) mass is 510 g/mol. The maximum atomic E-state index is 14.6. The predicted octanol–water partition coefficient (Wildman–Crippen LogP) is 1.44. The second-order valence-corrected chi connectivity index (χ2v) is 12.2. The molecule has 0 bridgehead atoms. The summed E-state index contributed by atoms with van der Waals surface area (Å²) in [4.78, 5) is 18.6. The zero-order valence-electron chi connectivity index (χ0n) is 18.8. The minimum atomic E-state index is -3.98. The van der Waals surface area contributed by atoms with Crippen LogP contribution in [0.3, 0.4) is 0 Å². The number of carbonyl (C=O) groups excluding carboxylic acids is 1. The van der Waals surface area contributed by atoms with Gasteiger partial charge in [-0.1, -0.05) is 0 Å². The summed E-state index contributed by atoms with van der Waals surface area (Å²) < 4.78 is 61.7. The van der Waals surface area contributed by atoms with Crippen molar-refractivity contribution in [2.24, 2.45) is 5.14 Å². The number of anilines is 2. The Hall–Kier alpha value is -2.70. The van der Waals surface area contributed by atoms with Gasteiger partial charge in [0.05, 0.1) is 21.0 Å². The highest BCUT2D eigenvalue weighted by atomic mass is 32.2. The Morgan fingerprint density at radius 2 is 1.38 bits per heavy atom. The number of benzene rings is 2. The van der Waals surface area contributed by atoms with E-state index in [2.05, 4.69) is 4.90 Å². The highest BCUT2D eigenvalue weighted by Gasteiger charge is 2.28. The molecular weight excluding hydrogens is 483 g/mol. The van der Waals surface area contributed by atoms with E-state index in [1.807, 2.05) is 0 Å². The van der Waals surface area contributed by atoms with E-state index in [1.165, 1.54) is 24.3 Å². The molecule has 2 fully saturated rings. The van der Waals surface area contributed by atoms with E-state index in [0.717, 1.165) is 38.3 Å². The third kappa shape index (κ3) is 5.03. The molecule has 2 aliphatic rings. The normalized spacial score (nSPS) is 17.3. The Morgan fingerprint density at radius 1 is 0.824 bits per heavy atom. The molecule has 34 heavy (non-hydrogen) atoms. The molecule has 2 aromatic carbocycles. The number of hydrogen-bond acceptors (Lipinski definition) is 7. The molecule has 0 aliphatic carbocycles. The summed E-state index contributed by atoms with van der Waals surface area (Å²) in [5.41, 5.74) is 1.23. The Balaban J connectivity index is 1.54. The zero-order valence-corrected chi connectivity index (χ0v) is 20.4. The molecule has 4 rings (SSSR count). The van der Waals surface area contributed by atoms with Crippen molar-refractivity contribution in [2.45, 2.75) is 22.6 Å². The van der Waals surface area contributed by atoms with E-state index in [0.29, 0.717) is 31.9 Å². The third-order valence-electron chi connectivity index (χ3n) is 6.23. The summed E-state index contributed by atoms with van der Waals surface area (Å²) >= 11 is 0. The van der Waals surface area contributed by atoms with Crippen LogP contribution in [0.2, 0.25) is 0 Å². The first kappa shape index (κ1) is 24.4. The van der Waals surface area contributed by atoms with Gasteiger partial charge >= 0.3 is 0 Å². The molecule has 2 N–H and O–H groups in total. The van der Waals surface area contributed by atoms with Gasteiger partial charge in [0.2, 0.25) is 10.0 Å². The van der Waals surface area contributed by atoms with Crippen LogP contribution in [0.1, 0.15) is 23.2 Å². The number of primary sulfonamides is 1. The average Bonchev–Trinajstić information content (AvgIpc) is 3.32. The lowest BCUT2D eigenvalue weighted by Crippen LogP contribution is -2.49. The van der Waals surface area contributed by atoms with Crippen LogP contribution in [0.15, 0.2) is 46.2 Å². The number of piperazine rings is 1. The molecule has 0 aromatic heterocycles. The van der Waals surface area contributed by atoms with Crippen LogP contribution in [-0.2, 0) is 19.9 Å². The first-order valence-corrected chi connectivity index (χ1v) is 14.3. The number of hydrogen-bond donors (Lipinski definition) is 1. The molecule has 184 valence electrons. The molecule has 1 amide bonds. The Labute approximate surface area is 198 Å². The molecule has 12 heteroatoms. The fourth-order valence-electron chi connectivity index (χ4n) is 4.39. The van der Waals surface area contributed by atoms with Crippen LogP contribution in [0, 0.1) is 5.82 Å². The molecular formula is C22H27FN4O5S2. The van der Waals surface area contributed by atoms with Crippen LogP contribution in [0.5, 0.6) is 0 Å². The van der Waals surface area contributed by atoms with Gasteiger partial charge in [0.15, 0.2) is 9.84 Å². The van der Waals surface area contributed by atoms with Gasteiger partial charge < -0.3 is 14.7 Å². The highest BCUT2D eigenvalue weighted by molar-refractivity contribution is 7.90.